The van der Waals surface area contributed by atoms with Crippen molar-refractivity contribution >= 4 is 16.7 Å². The molecule has 0 saturated heterocycles. The molecule has 0 aliphatic rings. The lowest BCUT2D eigenvalue weighted by molar-refractivity contribution is 0.0697. The minimum absolute atomic E-state index is 0.0876. The molecule has 0 atom stereocenters. The molecule has 110 valence electrons. The summed E-state index contributed by atoms with van der Waals surface area (Å²) in [4.78, 5) is 11.6. The Bertz CT molecular complexity index is 863. The fourth-order valence-electron chi connectivity index (χ4n) is 2.67. The van der Waals surface area contributed by atoms with Crippen LogP contribution >= 0.6 is 0 Å². The number of phenolic OH excluding ortho intramolecular Hbond substituents is 1. The van der Waals surface area contributed by atoms with Crippen LogP contribution in [0.5, 0.6) is 11.5 Å². The van der Waals surface area contributed by atoms with Gasteiger partial charge in [0.05, 0.1) is 12.7 Å². The summed E-state index contributed by atoms with van der Waals surface area (Å²) >= 11 is 0. The zero-order chi connectivity index (χ0) is 15.7. The van der Waals surface area contributed by atoms with E-state index in [2.05, 4.69) is 0 Å². The van der Waals surface area contributed by atoms with Gasteiger partial charge in [-0.05, 0) is 28.5 Å². The lowest BCUT2D eigenvalue weighted by Gasteiger charge is -2.15. The van der Waals surface area contributed by atoms with Gasteiger partial charge in [0.2, 0.25) is 0 Å². The lowest BCUT2D eigenvalue weighted by Crippen LogP contribution is -2.02. The number of carboxylic acid groups (broad SMARTS) is 1. The summed E-state index contributed by atoms with van der Waals surface area (Å²) < 4.78 is 5.26. The zero-order valence-corrected chi connectivity index (χ0v) is 11.9. The van der Waals surface area contributed by atoms with Gasteiger partial charge in [-0.25, -0.2) is 4.79 Å². The van der Waals surface area contributed by atoms with Crippen LogP contribution in [0, 0.1) is 0 Å². The molecular formula is C18H14O4. The van der Waals surface area contributed by atoms with Crippen LogP contribution in [0.3, 0.4) is 0 Å². The average Bonchev–Trinajstić information content (AvgIpc) is 2.53. The Morgan fingerprint density at radius 3 is 2.45 bits per heavy atom. The van der Waals surface area contributed by atoms with Crippen molar-refractivity contribution in [1.29, 1.82) is 0 Å². The number of rotatable bonds is 3. The first-order valence-corrected chi connectivity index (χ1v) is 6.75. The number of aromatic carboxylic acids is 1. The van der Waals surface area contributed by atoms with E-state index in [-0.39, 0.29) is 17.1 Å². The second-order valence-corrected chi connectivity index (χ2v) is 4.87. The van der Waals surface area contributed by atoms with Gasteiger partial charge < -0.3 is 14.9 Å². The molecule has 0 amide bonds. The van der Waals surface area contributed by atoms with E-state index in [1.54, 1.807) is 0 Å². The first-order chi connectivity index (χ1) is 10.6. The minimum Gasteiger partial charge on any atom is -0.504 e. The van der Waals surface area contributed by atoms with E-state index < -0.39 is 5.97 Å². The monoisotopic (exact) mass is 294 g/mol. The Kier molecular flexibility index (Phi) is 3.43. The van der Waals surface area contributed by atoms with E-state index in [0.717, 1.165) is 10.8 Å². The number of fused-ring (bicyclic) bond motifs is 1. The standard InChI is InChI=1S/C18H14O4/c1-22-17-15(19)10-9-14(18(20)21)16(17)13-8-4-6-11-5-2-3-7-12(11)13/h2-10,19H,1H3,(H,20,21). The second kappa shape index (κ2) is 5.41. The van der Waals surface area contributed by atoms with Gasteiger partial charge in [0.15, 0.2) is 11.5 Å². The maximum absolute atomic E-state index is 11.6. The van der Waals surface area contributed by atoms with Crippen LogP contribution in [-0.2, 0) is 0 Å². The highest BCUT2D eigenvalue weighted by Gasteiger charge is 2.21. The molecule has 0 aliphatic carbocycles. The number of hydrogen-bond acceptors (Lipinski definition) is 3. The number of ether oxygens (including phenoxy) is 1. The number of hydrogen-bond donors (Lipinski definition) is 2. The Morgan fingerprint density at radius 1 is 1.00 bits per heavy atom. The number of phenols is 1. The molecule has 4 nitrogen and oxygen atoms in total. The van der Waals surface area contributed by atoms with Crippen LogP contribution in [0.1, 0.15) is 10.4 Å². The van der Waals surface area contributed by atoms with E-state index in [4.69, 9.17) is 4.74 Å². The third-order valence-electron chi connectivity index (χ3n) is 3.63. The summed E-state index contributed by atoms with van der Waals surface area (Å²) in [5.74, 6) is -0.993. The Balaban J connectivity index is 2.44. The van der Waals surface area contributed by atoms with Gasteiger partial charge in [0.25, 0.3) is 0 Å². The predicted octanol–water partition coefficient (Wildman–Crippen LogP) is 3.92. The third kappa shape index (κ3) is 2.15. The normalized spacial score (nSPS) is 10.6. The van der Waals surface area contributed by atoms with Crippen LogP contribution in [0.15, 0.2) is 54.6 Å². The molecule has 0 aromatic heterocycles. The molecular weight excluding hydrogens is 280 g/mol. The van der Waals surface area contributed by atoms with Crippen molar-refractivity contribution in [3.8, 4) is 22.6 Å². The van der Waals surface area contributed by atoms with Crippen molar-refractivity contribution in [3.63, 3.8) is 0 Å². The summed E-state index contributed by atoms with van der Waals surface area (Å²) in [5.41, 5.74) is 1.18. The van der Waals surface area contributed by atoms with Gasteiger partial charge in [-0.3, -0.25) is 0 Å². The summed E-state index contributed by atoms with van der Waals surface area (Å²) in [7, 11) is 1.41. The number of benzene rings is 3. The third-order valence-corrected chi connectivity index (χ3v) is 3.63. The highest BCUT2D eigenvalue weighted by molar-refractivity contribution is 6.05. The smallest absolute Gasteiger partial charge is 0.336 e. The fraction of sp³-hybridized carbons (Fsp3) is 0.0556. The van der Waals surface area contributed by atoms with Gasteiger partial charge in [-0.2, -0.15) is 0 Å². The molecule has 3 aromatic rings. The zero-order valence-electron chi connectivity index (χ0n) is 11.9. The van der Waals surface area contributed by atoms with Crippen molar-refractivity contribution in [2.45, 2.75) is 0 Å². The van der Waals surface area contributed by atoms with Gasteiger partial charge in [0, 0.05) is 5.56 Å². The van der Waals surface area contributed by atoms with Gasteiger partial charge in [-0.15, -0.1) is 0 Å². The van der Waals surface area contributed by atoms with Gasteiger partial charge >= 0.3 is 5.97 Å². The molecule has 0 fully saturated rings. The van der Waals surface area contributed by atoms with Crippen molar-refractivity contribution < 1.29 is 19.7 Å². The minimum atomic E-state index is -1.07. The van der Waals surface area contributed by atoms with Crippen LogP contribution in [0.2, 0.25) is 0 Å². The van der Waals surface area contributed by atoms with E-state index in [1.165, 1.54) is 19.2 Å². The molecule has 3 aromatic carbocycles. The van der Waals surface area contributed by atoms with E-state index in [9.17, 15) is 15.0 Å². The molecule has 22 heavy (non-hydrogen) atoms. The average molecular weight is 294 g/mol. The number of carbonyl (C=O) groups is 1. The highest BCUT2D eigenvalue weighted by Crippen LogP contribution is 2.42. The Hall–Kier alpha value is -3.01. The first kappa shape index (κ1) is 13.9. The number of carboxylic acids is 1. The maximum atomic E-state index is 11.6. The fourth-order valence-corrected chi connectivity index (χ4v) is 2.67. The predicted molar refractivity (Wildman–Crippen MR) is 84.6 cm³/mol. The highest BCUT2D eigenvalue weighted by atomic mass is 16.5. The number of methoxy groups -OCH3 is 1. The van der Waals surface area contributed by atoms with E-state index in [0.29, 0.717) is 11.1 Å². The Labute approximate surface area is 127 Å². The van der Waals surface area contributed by atoms with Crippen molar-refractivity contribution in [2.24, 2.45) is 0 Å². The van der Waals surface area contributed by atoms with Crippen molar-refractivity contribution in [2.75, 3.05) is 7.11 Å². The molecule has 0 radical (unpaired) electrons. The lowest BCUT2D eigenvalue weighted by atomic mass is 9.93. The number of aromatic hydroxyl groups is 1. The molecule has 3 rings (SSSR count). The quantitative estimate of drug-likeness (QED) is 0.768. The summed E-state index contributed by atoms with van der Waals surface area (Å²) in [5, 5.41) is 21.4. The summed E-state index contributed by atoms with van der Waals surface area (Å²) in [6, 6.07) is 16.0. The molecule has 0 bridgehead atoms. The molecule has 0 unspecified atom stereocenters. The van der Waals surface area contributed by atoms with Gasteiger partial charge in [0.1, 0.15) is 0 Å². The van der Waals surface area contributed by atoms with Crippen molar-refractivity contribution in [1.82, 2.24) is 0 Å². The summed E-state index contributed by atoms with van der Waals surface area (Å²) in [6.07, 6.45) is 0. The molecule has 0 aliphatic heterocycles. The largest absolute Gasteiger partial charge is 0.504 e. The van der Waals surface area contributed by atoms with Crippen LogP contribution in [0.25, 0.3) is 21.9 Å². The van der Waals surface area contributed by atoms with Crippen molar-refractivity contribution in [3.05, 3.63) is 60.2 Å². The van der Waals surface area contributed by atoms with E-state index >= 15 is 0 Å². The SMILES string of the molecule is COc1c(O)ccc(C(=O)O)c1-c1cccc2ccccc12. The topological polar surface area (TPSA) is 66.8 Å². The first-order valence-electron chi connectivity index (χ1n) is 6.75. The van der Waals surface area contributed by atoms with Crippen LogP contribution in [-0.4, -0.2) is 23.3 Å². The molecule has 4 heteroatoms. The summed E-state index contributed by atoms with van der Waals surface area (Å²) in [6.45, 7) is 0. The molecule has 0 spiro atoms. The van der Waals surface area contributed by atoms with Gasteiger partial charge in [-0.1, -0.05) is 42.5 Å². The Morgan fingerprint density at radius 2 is 1.73 bits per heavy atom. The van der Waals surface area contributed by atoms with E-state index in [1.807, 2.05) is 42.5 Å². The second-order valence-electron chi connectivity index (χ2n) is 4.87. The molecule has 0 saturated carbocycles. The molecule has 2 N–H and O–H groups in total. The van der Waals surface area contributed by atoms with Crippen LogP contribution in [0.4, 0.5) is 0 Å². The maximum Gasteiger partial charge on any atom is 0.336 e. The molecule has 0 heterocycles. The van der Waals surface area contributed by atoms with Crippen LogP contribution < -0.4 is 4.74 Å².